The molecule has 1 unspecified atom stereocenters. The van der Waals surface area contributed by atoms with Crippen molar-refractivity contribution in [3.05, 3.63) is 52.8 Å². The Bertz CT molecular complexity index is 683. The summed E-state index contributed by atoms with van der Waals surface area (Å²) in [7, 11) is 0. The molecule has 1 aromatic heterocycles. The number of halogens is 2. The zero-order valence-electron chi connectivity index (χ0n) is 14.2. The van der Waals surface area contributed by atoms with Crippen LogP contribution in [0.3, 0.4) is 0 Å². The molecule has 0 aliphatic rings. The number of benzene rings is 1. The average molecular weight is 335 g/mol. The van der Waals surface area contributed by atoms with Crippen molar-refractivity contribution in [1.29, 1.82) is 0 Å². The Kier molecular flexibility index (Phi) is 6.06. The molecule has 1 amide bonds. The second-order valence-corrected chi connectivity index (χ2v) is 5.87. The number of rotatable bonds is 7. The molecule has 130 valence electrons. The van der Waals surface area contributed by atoms with E-state index in [-0.39, 0.29) is 18.2 Å². The van der Waals surface area contributed by atoms with Gasteiger partial charge >= 0.3 is 6.55 Å². The Morgan fingerprint density at radius 1 is 1.25 bits per heavy atom. The van der Waals surface area contributed by atoms with Crippen molar-refractivity contribution in [2.45, 2.75) is 46.1 Å². The number of alkyl halides is 2. The molecule has 0 saturated carbocycles. The minimum atomic E-state index is -2.69. The van der Waals surface area contributed by atoms with Gasteiger partial charge in [0.1, 0.15) is 0 Å². The smallest absolute Gasteiger partial charge is 0.333 e. The highest BCUT2D eigenvalue weighted by molar-refractivity contribution is 5.79. The van der Waals surface area contributed by atoms with Gasteiger partial charge in [-0.2, -0.15) is 13.9 Å². The number of carbonyl (C=O) groups is 1. The van der Waals surface area contributed by atoms with E-state index < -0.39 is 6.55 Å². The third-order valence-electron chi connectivity index (χ3n) is 4.31. The summed E-state index contributed by atoms with van der Waals surface area (Å²) in [6.45, 7) is 3.12. The summed E-state index contributed by atoms with van der Waals surface area (Å²) in [6.07, 6.45) is 0.973. The van der Waals surface area contributed by atoms with Crippen LogP contribution in [0.15, 0.2) is 30.3 Å². The van der Waals surface area contributed by atoms with Crippen molar-refractivity contribution in [1.82, 2.24) is 15.1 Å². The van der Waals surface area contributed by atoms with Crippen molar-refractivity contribution in [3.8, 4) is 0 Å². The summed E-state index contributed by atoms with van der Waals surface area (Å²) < 4.78 is 26.4. The standard InChI is InChI=1S/C18H23F2N3O/c1-4-14(15-8-6-5-7-9-15)11-21-17(24)10-16-12(2)22-23(13(16)3)18(19)20/h5-9,14,18H,4,10-11H2,1-3H3,(H,21,24). The second kappa shape index (κ2) is 8.04. The first-order chi connectivity index (χ1) is 11.4. The molecule has 0 fully saturated rings. The molecule has 1 atom stereocenters. The van der Waals surface area contributed by atoms with Gasteiger partial charge in [-0.15, -0.1) is 0 Å². The first-order valence-corrected chi connectivity index (χ1v) is 8.08. The molecule has 0 aliphatic heterocycles. The molecular weight excluding hydrogens is 312 g/mol. The molecule has 1 aromatic carbocycles. The van der Waals surface area contributed by atoms with Gasteiger partial charge in [-0.05, 0) is 25.8 Å². The highest BCUT2D eigenvalue weighted by Gasteiger charge is 2.19. The molecule has 0 aliphatic carbocycles. The van der Waals surface area contributed by atoms with E-state index in [2.05, 4.69) is 17.3 Å². The molecule has 0 spiro atoms. The Morgan fingerprint density at radius 2 is 1.92 bits per heavy atom. The normalized spacial score (nSPS) is 12.4. The Morgan fingerprint density at radius 3 is 2.46 bits per heavy atom. The van der Waals surface area contributed by atoms with Gasteiger partial charge in [0.05, 0.1) is 12.1 Å². The maximum Gasteiger partial charge on any atom is 0.333 e. The van der Waals surface area contributed by atoms with Crippen molar-refractivity contribution < 1.29 is 13.6 Å². The van der Waals surface area contributed by atoms with Gasteiger partial charge in [-0.3, -0.25) is 4.79 Å². The molecule has 0 radical (unpaired) electrons. The highest BCUT2D eigenvalue weighted by atomic mass is 19.3. The van der Waals surface area contributed by atoms with Crippen molar-refractivity contribution in [2.75, 3.05) is 6.54 Å². The van der Waals surface area contributed by atoms with Gasteiger partial charge in [0.2, 0.25) is 5.91 Å². The molecule has 1 heterocycles. The lowest BCUT2D eigenvalue weighted by Gasteiger charge is -2.16. The van der Waals surface area contributed by atoms with E-state index in [1.807, 2.05) is 30.3 Å². The summed E-state index contributed by atoms with van der Waals surface area (Å²) in [6, 6.07) is 10.0. The maximum absolute atomic E-state index is 12.8. The molecular formula is C18H23F2N3O. The summed E-state index contributed by atoms with van der Waals surface area (Å²) in [5.74, 6) is 0.0607. The van der Waals surface area contributed by atoms with Crippen molar-refractivity contribution in [2.24, 2.45) is 0 Å². The molecule has 4 nitrogen and oxygen atoms in total. The number of hydrogen-bond acceptors (Lipinski definition) is 2. The topological polar surface area (TPSA) is 46.9 Å². The first kappa shape index (κ1) is 18.1. The summed E-state index contributed by atoms with van der Waals surface area (Å²) in [4.78, 5) is 12.2. The molecule has 0 bridgehead atoms. The van der Waals surface area contributed by atoms with E-state index in [0.29, 0.717) is 28.2 Å². The lowest BCUT2D eigenvalue weighted by atomic mass is 9.96. The highest BCUT2D eigenvalue weighted by Crippen LogP contribution is 2.20. The van der Waals surface area contributed by atoms with E-state index in [4.69, 9.17) is 0 Å². The molecule has 24 heavy (non-hydrogen) atoms. The zero-order chi connectivity index (χ0) is 17.7. The van der Waals surface area contributed by atoms with Crippen molar-refractivity contribution in [3.63, 3.8) is 0 Å². The quantitative estimate of drug-likeness (QED) is 0.838. The van der Waals surface area contributed by atoms with Crippen LogP contribution < -0.4 is 5.32 Å². The van der Waals surface area contributed by atoms with Crippen molar-refractivity contribution >= 4 is 5.91 Å². The molecule has 6 heteroatoms. The SMILES string of the molecule is CCC(CNC(=O)Cc1c(C)nn(C(F)F)c1C)c1ccccc1. The van der Waals surface area contributed by atoms with Gasteiger partial charge in [0, 0.05) is 23.7 Å². The number of nitrogens with zero attached hydrogens (tertiary/aromatic N) is 2. The fourth-order valence-electron chi connectivity index (χ4n) is 2.83. The van der Waals surface area contributed by atoms with Crippen LogP contribution in [-0.4, -0.2) is 22.2 Å². The maximum atomic E-state index is 12.8. The molecule has 2 rings (SSSR count). The zero-order valence-corrected chi connectivity index (χ0v) is 14.2. The average Bonchev–Trinajstić information content (AvgIpc) is 2.85. The minimum absolute atomic E-state index is 0.0651. The summed E-state index contributed by atoms with van der Waals surface area (Å²) in [5.41, 5.74) is 2.56. The number of aromatic nitrogens is 2. The van der Waals surface area contributed by atoms with Crippen LogP contribution in [0.25, 0.3) is 0 Å². The monoisotopic (exact) mass is 335 g/mol. The molecule has 2 aromatic rings. The van der Waals surface area contributed by atoms with E-state index >= 15 is 0 Å². The fourth-order valence-corrected chi connectivity index (χ4v) is 2.83. The van der Waals surface area contributed by atoms with Crippen LogP contribution in [0.2, 0.25) is 0 Å². The Labute approximate surface area is 140 Å². The number of nitrogens with one attached hydrogen (secondary N) is 1. The fraction of sp³-hybridized carbons (Fsp3) is 0.444. The minimum Gasteiger partial charge on any atom is -0.355 e. The summed E-state index contributed by atoms with van der Waals surface area (Å²) >= 11 is 0. The van der Waals surface area contributed by atoms with Crippen LogP contribution >= 0.6 is 0 Å². The predicted octanol–water partition coefficient (Wildman–Crippen LogP) is 3.75. The number of hydrogen-bond donors (Lipinski definition) is 1. The van der Waals surface area contributed by atoms with E-state index in [0.717, 1.165) is 6.42 Å². The largest absolute Gasteiger partial charge is 0.355 e. The van der Waals surface area contributed by atoms with Crippen LogP contribution in [0, 0.1) is 13.8 Å². The van der Waals surface area contributed by atoms with E-state index in [9.17, 15) is 13.6 Å². The lowest BCUT2D eigenvalue weighted by molar-refractivity contribution is -0.120. The number of amides is 1. The van der Waals surface area contributed by atoms with Crippen LogP contribution in [0.1, 0.15) is 48.3 Å². The first-order valence-electron chi connectivity index (χ1n) is 8.08. The Hall–Kier alpha value is -2.24. The summed E-state index contributed by atoms with van der Waals surface area (Å²) in [5, 5.41) is 6.72. The Balaban J connectivity index is 1.99. The van der Waals surface area contributed by atoms with Crippen LogP contribution in [-0.2, 0) is 11.2 Å². The van der Waals surface area contributed by atoms with Gasteiger partial charge < -0.3 is 5.32 Å². The molecule has 0 saturated heterocycles. The number of carbonyl (C=O) groups excluding carboxylic acids is 1. The van der Waals surface area contributed by atoms with Gasteiger partial charge in [-0.25, -0.2) is 4.68 Å². The number of aryl methyl sites for hydroxylation is 1. The van der Waals surface area contributed by atoms with Gasteiger partial charge in [-0.1, -0.05) is 37.3 Å². The third kappa shape index (κ3) is 4.19. The van der Waals surface area contributed by atoms with Gasteiger partial charge in [0.25, 0.3) is 0 Å². The van der Waals surface area contributed by atoms with Gasteiger partial charge in [0.15, 0.2) is 0 Å². The molecule has 1 N–H and O–H groups in total. The van der Waals surface area contributed by atoms with E-state index in [1.165, 1.54) is 5.56 Å². The van der Waals surface area contributed by atoms with Crippen LogP contribution in [0.5, 0.6) is 0 Å². The van der Waals surface area contributed by atoms with Crippen LogP contribution in [0.4, 0.5) is 8.78 Å². The third-order valence-corrected chi connectivity index (χ3v) is 4.31. The second-order valence-electron chi connectivity index (χ2n) is 5.87. The lowest BCUT2D eigenvalue weighted by Crippen LogP contribution is -2.29. The van der Waals surface area contributed by atoms with E-state index in [1.54, 1.807) is 13.8 Å². The predicted molar refractivity (Wildman–Crippen MR) is 89.1 cm³/mol.